The zero-order valence-electron chi connectivity index (χ0n) is 11.2. The Hall–Kier alpha value is -1.73. The minimum Gasteiger partial charge on any atom is -0.482 e. The van der Waals surface area contributed by atoms with E-state index in [0.717, 1.165) is 5.75 Å². The number of hydrogen-bond acceptors (Lipinski definition) is 5. The highest BCUT2D eigenvalue weighted by atomic mass is 32.2. The molecule has 0 saturated heterocycles. The van der Waals surface area contributed by atoms with E-state index in [4.69, 9.17) is 15.6 Å². The quantitative estimate of drug-likeness (QED) is 0.666. The lowest BCUT2D eigenvalue weighted by Crippen LogP contribution is -2.36. The van der Waals surface area contributed by atoms with Crippen LogP contribution < -0.4 is 15.8 Å². The molecular weight excluding hydrogens is 280 g/mol. The Kier molecular flexibility index (Phi) is 6.89. The standard InChI is InChI=1S/C13H18N2O4S/c1-20-7-6-11(14)13(18)15-9-2-4-10(5-3-9)19-8-12(16)17/h2-5,11H,6-8,14H2,1H3,(H,15,18)(H,16,17)/t11-/m0/s1. The summed E-state index contributed by atoms with van der Waals surface area (Å²) in [4.78, 5) is 22.1. The number of amides is 1. The topological polar surface area (TPSA) is 102 Å². The highest BCUT2D eigenvalue weighted by Gasteiger charge is 2.12. The first-order chi connectivity index (χ1) is 9.52. The van der Waals surface area contributed by atoms with Crippen molar-refractivity contribution in [3.05, 3.63) is 24.3 Å². The molecule has 0 spiro atoms. The number of ether oxygens (including phenoxy) is 1. The summed E-state index contributed by atoms with van der Waals surface area (Å²) in [7, 11) is 0. The van der Waals surface area contributed by atoms with Crippen LogP contribution in [0.15, 0.2) is 24.3 Å². The molecule has 0 aromatic heterocycles. The first-order valence-corrected chi connectivity index (χ1v) is 7.42. The van der Waals surface area contributed by atoms with E-state index in [2.05, 4.69) is 5.32 Å². The number of nitrogens with one attached hydrogen (secondary N) is 1. The Balaban J connectivity index is 2.48. The molecule has 1 rings (SSSR count). The molecule has 20 heavy (non-hydrogen) atoms. The molecule has 0 unspecified atom stereocenters. The number of carboxylic acid groups (broad SMARTS) is 1. The highest BCUT2D eigenvalue weighted by molar-refractivity contribution is 7.98. The lowest BCUT2D eigenvalue weighted by Gasteiger charge is -2.12. The number of carbonyl (C=O) groups excluding carboxylic acids is 1. The molecular formula is C13H18N2O4S. The van der Waals surface area contributed by atoms with Crippen molar-refractivity contribution in [1.29, 1.82) is 0 Å². The van der Waals surface area contributed by atoms with Crippen molar-refractivity contribution >= 4 is 29.3 Å². The van der Waals surface area contributed by atoms with Gasteiger partial charge in [0.05, 0.1) is 6.04 Å². The third-order valence-electron chi connectivity index (χ3n) is 2.45. The van der Waals surface area contributed by atoms with Crippen LogP contribution in [0.4, 0.5) is 5.69 Å². The van der Waals surface area contributed by atoms with Crippen molar-refractivity contribution < 1.29 is 19.4 Å². The maximum absolute atomic E-state index is 11.8. The van der Waals surface area contributed by atoms with Crippen molar-refractivity contribution in [1.82, 2.24) is 0 Å². The highest BCUT2D eigenvalue weighted by Crippen LogP contribution is 2.16. The van der Waals surface area contributed by atoms with E-state index in [9.17, 15) is 9.59 Å². The fourth-order valence-corrected chi connectivity index (χ4v) is 1.88. The Morgan fingerprint density at radius 2 is 2.05 bits per heavy atom. The molecule has 0 radical (unpaired) electrons. The number of nitrogens with two attached hydrogens (primary N) is 1. The first-order valence-electron chi connectivity index (χ1n) is 6.03. The lowest BCUT2D eigenvalue weighted by atomic mass is 10.2. The van der Waals surface area contributed by atoms with Crippen LogP contribution in [0.2, 0.25) is 0 Å². The number of rotatable bonds is 8. The van der Waals surface area contributed by atoms with Crippen molar-refractivity contribution in [3.63, 3.8) is 0 Å². The van der Waals surface area contributed by atoms with Gasteiger partial charge in [0.15, 0.2) is 6.61 Å². The molecule has 0 heterocycles. The van der Waals surface area contributed by atoms with Crippen LogP contribution in [0, 0.1) is 0 Å². The van der Waals surface area contributed by atoms with Crippen LogP contribution in [0.1, 0.15) is 6.42 Å². The molecule has 7 heteroatoms. The minimum absolute atomic E-state index is 0.238. The van der Waals surface area contributed by atoms with Gasteiger partial charge in [-0.1, -0.05) is 0 Å². The van der Waals surface area contributed by atoms with Crippen molar-refractivity contribution in [2.75, 3.05) is 23.9 Å². The first kappa shape index (κ1) is 16.3. The van der Waals surface area contributed by atoms with Gasteiger partial charge < -0.3 is 20.9 Å². The van der Waals surface area contributed by atoms with Gasteiger partial charge in [-0.3, -0.25) is 4.79 Å². The van der Waals surface area contributed by atoms with Crippen molar-refractivity contribution in [2.45, 2.75) is 12.5 Å². The second-order valence-corrected chi connectivity index (χ2v) is 5.07. The van der Waals surface area contributed by atoms with Gasteiger partial charge in [0.2, 0.25) is 5.91 Å². The summed E-state index contributed by atoms with van der Waals surface area (Å²) in [6, 6.07) is 5.91. The summed E-state index contributed by atoms with van der Waals surface area (Å²) in [6.45, 7) is -0.398. The Morgan fingerprint density at radius 1 is 1.40 bits per heavy atom. The third kappa shape index (κ3) is 5.94. The second-order valence-electron chi connectivity index (χ2n) is 4.08. The molecule has 0 aliphatic heterocycles. The van der Waals surface area contributed by atoms with E-state index in [1.807, 2.05) is 6.26 Å². The van der Waals surface area contributed by atoms with Gasteiger partial charge in [-0.2, -0.15) is 11.8 Å². The van der Waals surface area contributed by atoms with Gasteiger partial charge in [0.25, 0.3) is 0 Å². The van der Waals surface area contributed by atoms with Gasteiger partial charge >= 0.3 is 5.97 Å². The summed E-state index contributed by atoms with van der Waals surface area (Å²) in [5.74, 6) is -0.0196. The fourth-order valence-electron chi connectivity index (χ4n) is 1.39. The van der Waals surface area contributed by atoms with E-state index in [1.165, 1.54) is 0 Å². The number of thioether (sulfide) groups is 1. The summed E-state index contributed by atoms with van der Waals surface area (Å²) >= 11 is 1.64. The molecule has 110 valence electrons. The Morgan fingerprint density at radius 3 is 2.60 bits per heavy atom. The number of aliphatic carboxylic acids is 1. The van der Waals surface area contributed by atoms with Gasteiger partial charge in [-0.25, -0.2) is 4.79 Å². The van der Waals surface area contributed by atoms with Crippen molar-refractivity contribution in [3.8, 4) is 5.75 Å². The maximum atomic E-state index is 11.8. The summed E-state index contributed by atoms with van der Waals surface area (Å²) < 4.78 is 4.99. The van der Waals surface area contributed by atoms with Crippen LogP contribution in [0.5, 0.6) is 5.75 Å². The Bertz CT molecular complexity index is 450. The van der Waals surface area contributed by atoms with Crippen LogP contribution in [0.25, 0.3) is 0 Å². The van der Waals surface area contributed by atoms with Gasteiger partial charge in [-0.05, 0) is 42.7 Å². The monoisotopic (exact) mass is 298 g/mol. The predicted molar refractivity (Wildman–Crippen MR) is 79.2 cm³/mol. The number of carbonyl (C=O) groups is 2. The summed E-state index contributed by atoms with van der Waals surface area (Å²) in [5.41, 5.74) is 6.34. The van der Waals surface area contributed by atoms with Crippen LogP contribution in [-0.4, -0.2) is 41.6 Å². The number of hydrogen-bond donors (Lipinski definition) is 3. The van der Waals surface area contributed by atoms with E-state index < -0.39 is 18.6 Å². The lowest BCUT2D eigenvalue weighted by molar-refractivity contribution is -0.139. The molecule has 1 aromatic rings. The molecule has 0 aliphatic rings. The smallest absolute Gasteiger partial charge is 0.341 e. The minimum atomic E-state index is -1.04. The molecule has 1 amide bonds. The van der Waals surface area contributed by atoms with E-state index in [1.54, 1.807) is 36.0 Å². The van der Waals surface area contributed by atoms with Crippen molar-refractivity contribution in [2.24, 2.45) is 5.73 Å². The average Bonchev–Trinajstić information content (AvgIpc) is 2.43. The van der Waals surface area contributed by atoms with E-state index >= 15 is 0 Å². The third-order valence-corrected chi connectivity index (χ3v) is 3.10. The predicted octanol–water partition coefficient (Wildman–Crippen LogP) is 1.17. The zero-order chi connectivity index (χ0) is 15.0. The van der Waals surface area contributed by atoms with Crippen LogP contribution in [-0.2, 0) is 9.59 Å². The van der Waals surface area contributed by atoms with Crippen LogP contribution in [0.3, 0.4) is 0 Å². The molecule has 6 nitrogen and oxygen atoms in total. The molecule has 4 N–H and O–H groups in total. The number of carboxylic acids is 1. The molecule has 1 atom stereocenters. The van der Waals surface area contributed by atoms with Gasteiger partial charge in [0.1, 0.15) is 5.75 Å². The summed E-state index contributed by atoms with van der Waals surface area (Å²) in [6.07, 6.45) is 2.58. The van der Waals surface area contributed by atoms with Crippen LogP contribution >= 0.6 is 11.8 Å². The van der Waals surface area contributed by atoms with E-state index in [-0.39, 0.29) is 5.91 Å². The van der Waals surface area contributed by atoms with E-state index in [0.29, 0.717) is 17.9 Å². The number of anilines is 1. The molecule has 0 fully saturated rings. The normalized spacial score (nSPS) is 11.7. The number of benzene rings is 1. The molecule has 0 bridgehead atoms. The second kappa shape index (κ2) is 8.44. The summed E-state index contributed by atoms with van der Waals surface area (Å²) in [5, 5.41) is 11.2. The van der Waals surface area contributed by atoms with Gasteiger partial charge in [-0.15, -0.1) is 0 Å². The molecule has 0 saturated carbocycles. The fraction of sp³-hybridized carbons (Fsp3) is 0.385. The molecule has 1 aromatic carbocycles. The zero-order valence-corrected chi connectivity index (χ0v) is 12.0. The molecule has 0 aliphatic carbocycles. The maximum Gasteiger partial charge on any atom is 0.341 e. The van der Waals surface area contributed by atoms with Gasteiger partial charge in [0, 0.05) is 5.69 Å². The SMILES string of the molecule is CSCC[C@H](N)C(=O)Nc1ccc(OCC(=O)O)cc1. The average molecular weight is 298 g/mol. The largest absolute Gasteiger partial charge is 0.482 e. The Labute approximate surface area is 121 Å².